The summed E-state index contributed by atoms with van der Waals surface area (Å²) in [5.74, 6) is 1.47. The minimum absolute atomic E-state index is 0.572. The number of nitrogens with zero attached hydrogens (tertiary/aromatic N) is 2. The minimum Gasteiger partial charge on any atom is -0.489 e. The van der Waals surface area contributed by atoms with Gasteiger partial charge in [0.2, 0.25) is 0 Å². The average Bonchev–Trinajstić information content (AvgIpc) is 3.43. The lowest BCUT2D eigenvalue weighted by atomic mass is 10.0. The molecule has 0 spiro atoms. The van der Waals surface area contributed by atoms with Crippen LogP contribution in [0.15, 0.2) is 77.3 Å². The van der Waals surface area contributed by atoms with Crippen molar-refractivity contribution in [1.29, 1.82) is 0 Å². The molecule has 3 aromatic carbocycles. The fourth-order valence-electron chi connectivity index (χ4n) is 4.39. The number of halogens is 1. The number of hydrogen-bond donors (Lipinski definition) is 0. The highest BCUT2D eigenvalue weighted by atomic mass is 79.9. The van der Waals surface area contributed by atoms with Crippen molar-refractivity contribution in [2.24, 2.45) is 0 Å². The standard InChI is InChI=1S/C26H25BrN2O/c27-22-12-10-19(11-13-22)17-29-25-16-23(30-18-20-6-2-1-3-7-20)14-15-24(25)26(28-29)21-8-4-5-9-21/h1-3,6-7,10-16,21H,4-5,8-9,17-18H2. The fourth-order valence-corrected chi connectivity index (χ4v) is 4.66. The molecular weight excluding hydrogens is 436 g/mol. The Bertz CT molecular complexity index is 1130. The van der Waals surface area contributed by atoms with Crippen LogP contribution < -0.4 is 4.74 Å². The topological polar surface area (TPSA) is 27.1 Å². The molecule has 4 aromatic rings. The maximum absolute atomic E-state index is 6.11. The molecule has 0 amide bonds. The third-order valence-corrected chi connectivity index (χ3v) is 6.52. The zero-order valence-corrected chi connectivity index (χ0v) is 18.5. The van der Waals surface area contributed by atoms with Crippen molar-refractivity contribution < 1.29 is 4.74 Å². The monoisotopic (exact) mass is 460 g/mol. The first kappa shape index (κ1) is 19.4. The lowest BCUT2D eigenvalue weighted by molar-refractivity contribution is 0.306. The van der Waals surface area contributed by atoms with Crippen LogP contribution in [-0.2, 0) is 13.2 Å². The second-order valence-electron chi connectivity index (χ2n) is 8.10. The largest absolute Gasteiger partial charge is 0.489 e. The Morgan fingerprint density at radius 2 is 1.67 bits per heavy atom. The van der Waals surface area contributed by atoms with Crippen molar-refractivity contribution in [3.8, 4) is 5.75 Å². The van der Waals surface area contributed by atoms with Gasteiger partial charge in [0.05, 0.1) is 17.8 Å². The summed E-state index contributed by atoms with van der Waals surface area (Å²) < 4.78 is 9.36. The van der Waals surface area contributed by atoms with E-state index in [2.05, 4.69) is 75.2 Å². The van der Waals surface area contributed by atoms with Crippen molar-refractivity contribution in [1.82, 2.24) is 9.78 Å². The first-order chi connectivity index (χ1) is 14.8. The van der Waals surface area contributed by atoms with Crippen LogP contribution in [0, 0.1) is 0 Å². The molecule has 4 heteroatoms. The van der Waals surface area contributed by atoms with Crippen LogP contribution in [0.25, 0.3) is 10.9 Å². The van der Waals surface area contributed by atoms with Gasteiger partial charge in [0.25, 0.3) is 0 Å². The maximum atomic E-state index is 6.11. The molecule has 0 aliphatic heterocycles. The molecule has 1 saturated carbocycles. The molecule has 152 valence electrons. The van der Waals surface area contributed by atoms with Crippen LogP contribution in [0.5, 0.6) is 5.75 Å². The van der Waals surface area contributed by atoms with E-state index in [1.54, 1.807) is 0 Å². The van der Waals surface area contributed by atoms with Crippen molar-refractivity contribution in [2.75, 3.05) is 0 Å². The van der Waals surface area contributed by atoms with Crippen LogP contribution in [0.1, 0.15) is 48.4 Å². The summed E-state index contributed by atoms with van der Waals surface area (Å²) in [6.07, 6.45) is 5.11. The summed E-state index contributed by atoms with van der Waals surface area (Å²) in [6.45, 7) is 1.33. The van der Waals surface area contributed by atoms with Crippen molar-refractivity contribution in [3.05, 3.63) is 94.1 Å². The maximum Gasteiger partial charge on any atom is 0.121 e. The Morgan fingerprint density at radius 3 is 2.43 bits per heavy atom. The normalized spacial score (nSPS) is 14.4. The Labute approximate surface area is 185 Å². The molecule has 1 fully saturated rings. The average molecular weight is 461 g/mol. The van der Waals surface area contributed by atoms with Gasteiger partial charge in [-0.2, -0.15) is 5.10 Å². The predicted octanol–water partition coefficient (Wildman–Crippen LogP) is 7.08. The van der Waals surface area contributed by atoms with E-state index in [-0.39, 0.29) is 0 Å². The quantitative estimate of drug-likeness (QED) is 0.307. The molecule has 30 heavy (non-hydrogen) atoms. The van der Waals surface area contributed by atoms with Gasteiger partial charge in [-0.15, -0.1) is 0 Å². The number of ether oxygens (including phenoxy) is 1. The third-order valence-electron chi connectivity index (χ3n) is 5.99. The van der Waals surface area contributed by atoms with Gasteiger partial charge in [-0.05, 0) is 48.2 Å². The van der Waals surface area contributed by atoms with E-state index in [1.807, 2.05) is 18.2 Å². The second-order valence-corrected chi connectivity index (χ2v) is 9.02. The highest BCUT2D eigenvalue weighted by Crippen LogP contribution is 2.38. The first-order valence-corrected chi connectivity index (χ1v) is 11.5. The number of rotatable bonds is 6. The predicted molar refractivity (Wildman–Crippen MR) is 125 cm³/mol. The van der Waals surface area contributed by atoms with Crippen molar-refractivity contribution >= 4 is 26.8 Å². The van der Waals surface area contributed by atoms with Crippen LogP contribution in [0.2, 0.25) is 0 Å². The molecule has 1 aliphatic rings. The number of fused-ring (bicyclic) bond motifs is 1. The van der Waals surface area contributed by atoms with Crippen LogP contribution in [-0.4, -0.2) is 9.78 Å². The van der Waals surface area contributed by atoms with E-state index < -0.39 is 0 Å². The van der Waals surface area contributed by atoms with Gasteiger partial charge in [0, 0.05) is 21.8 Å². The molecule has 1 aliphatic carbocycles. The van der Waals surface area contributed by atoms with Gasteiger partial charge in [-0.3, -0.25) is 4.68 Å². The molecule has 1 heterocycles. The molecule has 0 atom stereocenters. The lowest BCUT2D eigenvalue weighted by Gasteiger charge is -2.08. The van der Waals surface area contributed by atoms with Crippen LogP contribution >= 0.6 is 15.9 Å². The third kappa shape index (κ3) is 4.15. The fraction of sp³-hybridized carbons (Fsp3) is 0.269. The molecule has 1 aromatic heterocycles. The molecule has 0 unspecified atom stereocenters. The van der Waals surface area contributed by atoms with Gasteiger partial charge >= 0.3 is 0 Å². The molecule has 0 bridgehead atoms. The number of benzene rings is 3. The Morgan fingerprint density at radius 1 is 0.900 bits per heavy atom. The van der Waals surface area contributed by atoms with E-state index in [0.29, 0.717) is 12.5 Å². The minimum atomic E-state index is 0.572. The van der Waals surface area contributed by atoms with Crippen molar-refractivity contribution in [2.45, 2.75) is 44.8 Å². The highest BCUT2D eigenvalue weighted by molar-refractivity contribution is 9.10. The Balaban J connectivity index is 1.48. The molecular formula is C26H25BrN2O. The summed E-state index contributed by atoms with van der Waals surface area (Å²) in [5, 5.41) is 6.37. The van der Waals surface area contributed by atoms with E-state index in [1.165, 1.54) is 47.9 Å². The van der Waals surface area contributed by atoms with Gasteiger partial charge < -0.3 is 4.74 Å². The van der Waals surface area contributed by atoms with Crippen LogP contribution in [0.3, 0.4) is 0 Å². The van der Waals surface area contributed by atoms with E-state index in [4.69, 9.17) is 9.84 Å². The zero-order chi connectivity index (χ0) is 20.3. The summed E-state index contributed by atoms with van der Waals surface area (Å²) in [7, 11) is 0. The summed E-state index contributed by atoms with van der Waals surface area (Å²) in [5.41, 5.74) is 4.84. The molecule has 0 radical (unpaired) electrons. The molecule has 0 N–H and O–H groups in total. The zero-order valence-electron chi connectivity index (χ0n) is 16.9. The number of hydrogen-bond acceptors (Lipinski definition) is 2. The van der Waals surface area contributed by atoms with E-state index in [0.717, 1.165) is 22.3 Å². The van der Waals surface area contributed by atoms with E-state index in [9.17, 15) is 0 Å². The Kier molecular flexibility index (Phi) is 5.58. The highest BCUT2D eigenvalue weighted by Gasteiger charge is 2.23. The second kappa shape index (κ2) is 8.65. The van der Waals surface area contributed by atoms with Gasteiger partial charge in [-0.1, -0.05) is 71.2 Å². The van der Waals surface area contributed by atoms with Crippen molar-refractivity contribution in [3.63, 3.8) is 0 Å². The smallest absolute Gasteiger partial charge is 0.121 e. The van der Waals surface area contributed by atoms with Gasteiger partial charge in [0.1, 0.15) is 12.4 Å². The van der Waals surface area contributed by atoms with Crippen LogP contribution in [0.4, 0.5) is 0 Å². The molecule has 3 nitrogen and oxygen atoms in total. The lowest BCUT2D eigenvalue weighted by Crippen LogP contribution is -2.03. The molecule has 5 rings (SSSR count). The summed E-state index contributed by atoms with van der Waals surface area (Å²) in [6, 6.07) is 25.2. The van der Waals surface area contributed by atoms with Gasteiger partial charge in [-0.25, -0.2) is 0 Å². The SMILES string of the molecule is Brc1ccc(Cn2nc(C3CCCC3)c3ccc(OCc4ccccc4)cc32)cc1. The Hall–Kier alpha value is -2.59. The molecule has 0 saturated heterocycles. The van der Waals surface area contributed by atoms with E-state index >= 15 is 0 Å². The first-order valence-electron chi connectivity index (χ1n) is 10.7. The summed E-state index contributed by atoms with van der Waals surface area (Å²) >= 11 is 3.53. The van der Waals surface area contributed by atoms with Gasteiger partial charge in [0.15, 0.2) is 0 Å². The summed E-state index contributed by atoms with van der Waals surface area (Å²) in [4.78, 5) is 0. The number of aromatic nitrogens is 2.